The lowest BCUT2D eigenvalue weighted by atomic mass is 9.83. The van der Waals surface area contributed by atoms with Crippen LogP contribution in [0.2, 0.25) is 0 Å². The fraction of sp³-hybridized carbons (Fsp3) is 0.263. The van der Waals surface area contributed by atoms with Crippen LogP contribution < -0.4 is 4.74 Å². The Morgan fingerprint density at radius 2 is 2.04 bits per heavy atom. The van der Waals surface area contributed by atoms with Gasteiger partial charge in [-0.15, -0.1) is 0 Å². The van der Waals surface area contributed by atoms with E-state index in [-0.39, 0.29) is 48.2 Å². The van der Waals surface area contributed by atoms with Crippen molar-refractivity contribution < 1.29 is 22.7 Å². The van der Waals surface area contributed by atoms with Crippen molar-refractivity contribution in [3.05, 3.63) is 65.3 Å². The molecule has 2 aromatic carbocycles. The minimum atomic E-state index is -3.87. The van der Waals surface area contributed by atoms with Gasteiger partial charge in [0.1, 0.15) is 17.6 Å². The highest BCUT2D eigenvalue weighted by Gasteiger charge is 2.49. The molecular formula is C19H16FN3O4S. The molecule has 1 heterocycles. The molecule has 1 aliphatic heterocycles. The average Bonchev–Trinajstić information content (AvgIpc) is 2.67. The number of halogens is 1. The highest BCUT2D eigenvalue weighted by molar-refractivity contribution is 7.89. The van der Waals surface area contributed by atoms with Crippen LogP contribution in [0, 0.1) is 29.1 Å². The SMILES string of the molecule is [C-]#[N+]c1ccc(OCC2(CO)CN(S(=O)(=O)c3ccccc3C#N)C2)cc1F. The number of sulfonamides is 1. The molecule has 1 aliphatic rings. The molecule has 9 heteroatoms. The molecule has 0 amide bonds. The molecule has 0 aromatic heterocycles. The largest absolute Gasteiger partial charge is 0.493 e. The molecule has 0 aliphatic carbocycles. The Morgan fingerprint density at radius 3 is 2.64 bits per heavy atom. The molecule has 7 nitrogen and oxygen atoms in total. The second-order valence-electron chi connectivity index (χ2n) is 6.55. The molecular weight excluding hydrogens is 385 g/mol. The van der Waals surface area contributed by atoms with Crippen molar-refractivity contribution in [3.8, 4) is 11.8 Å². The molecule has 144 valence electrons. The summed E-state index contributed by atoms with van der Waals surface area (Å²) in [6.45, 7) is 6.51. The van der Waals surface area contributed by atoms with Crippen LogP contribution in [0.3, 0.4) is 0 Å². The van der Waals surface area contributed by atoms with Crippen LogP contribution in [0.5, 0.6) is 5.75 Å². The minimum absolute atomic E-state index is 0.00815. The molecule has 1 N–H and O–H groups in total. The highest BCUT2D eigenvalue weighted by atomic mass is 32.2. The summed E-state index contributed by atoms with van der Waals surface area (Å²) in [5.74, 6) is -0.523. The zero-order chi connectivity index (χ0) is 20.4. The number of aliphatic hydroxyl groups is 1. The zero-order valence-electron chi connectivity index (χ0n) is 14.7. The molecule has 0 atom stereocenters. The van der Waals surface area contributed by atoms with E-state index in [4.69, 9.17) is 16.6 Å². The van der Waals surface area contributed by atoms with Gasteiger partial charge in [0.05, 0.1) is 35.7 Å². The summed E-state index contributed by atoms with van der Waals surface area (Å²) in [4.78, 5) is 2.94. The highest BCUT2D eigenvalue weighted by Crippen LogP contribution is 2.36. The first-order valence-corrected chi connectivity index (χ1v) is 9.69. The minimum Gasteiger partial charge on any atom is -0.493 e. The van der Waals surface area contributed by atoms with E-state index < -0.39 is 21.3 Å². The quantitative estimate of drug-likeness (QED) is 0.750. The Hall–Kier alpha value is -2.98. The van der Waals surface area contributed by atoms with Crippen molar-refractivity contribution in [3.63, 3.8) is 0 Å². The second-order valence-corrected chi connectivity index (χ2v) is 8.46. The van der Waals surface area contributed by atoms with Crippen LogP contribution in [0.4, 0.5) is 10.1 Å². The monoisotopic (exact) mass is 401 g/mol. The van der Waals surface area contributed by atoms with Crippen LogP contribution in [-0.4, -0.2) is 44.1 Å². The third-order valence-corrected chi connectivity index (χ3v) is 6.42. The maximum absolute atomic E-state index is 13.7. The molecule has 0 spiro atoms. The fourth-order valence-electron chi connectivity index (χ4n) is 2.94. The normalized spacial score (nSPS) is 15.9. The molecule has 1 fully saturated rings. The van der Waals surface area contributed by atoms with E-state index >= 15 is 0 Å². The smallest absolute Gasteiger partial charge is 0.244 e. The summed E-state index contributed by atoms with van der Waals surface area (Å²) < 4.78 is 45.9. The Kier molecular flexibility index (Phi) is 5.34. The van der Waals surface area contributed by atoms with Crippen molar-refractivity contribution in [1.29, 1.82) is 5.26 Å². The van der Waals surface area contributed by atoms with Crippen molar-refractivity contribution >= 4 is 15.7 Å². The Balaban J connectivity index is 1.71. The third-order valence-electron chi connectivity index (χ3n) is 4.57. The van der Waals surface area contributed by atoms with Gasteiger partial charge >= 0.3 is 0 Å². The maximum Gasteiger partial charge on any atom is 0.244 e. The maximum atomic E-state index is 13.7. The van der Waals surface area contributed by atoms with Gasteiger partial charge in [-0.3, -0.25) is 0 Å². The first-order chi connectivity index (χ1) is 13.3. The van der Waals surface area contributed by atoms with Gasteiger partial charge in [-0.2, -0.15) is 9.57 Å². The number of rotatable bonds is 6. The van der Waals surface area contributed by atoms with E-state index in [1.54, 1.807) is 6.07 Å². The predicted molar refractivity (Wildman–Crippen MR) is 97.6 cm³/mol. The molecule has 0 radical (unpaired) electrons. The first kappa shape index (κ1) is 19.8. The Morgan fingerprint density at radius 1 is 1.32 bits per heavy atom. The number of ether oxygens (including phenoxy) is 1. The van der Waals surface area contributed by atoms with E-state index in [1.165, 1.54) is 34.6 Å². The standard InChI is InChI=1S/C19H16FN3O4S/c1-22-17-7-6-15(8-16(17)20)27-13-19(12-24)10-23(11-19)28(25,26)18-5-3-2-4-14(18)9-21/h2-8,24H,10-13H2. The van der Waals surface area contributed by atoms with Crippen LogP contribution in [0.15, 0.2) is 47.4 Å². The lowest BCUT2D eigenvalue weighted by molar-refractivity contribution is -0.0273. The lowest BCUT2D eigenvalue weighted by Crippen LogP contribution is -2.62. The van der Waals surface area contributed by atoms with Crippen LogP contribution in [0.25, 0.3) is 4.85 Å². The van der Waals surface area contributed by atoms with Gasteiger partial charge in [0.25, 0.3) is 0 Å². The van der Waals surface area contributed by atoms with Crippen LogP contribution >= 0.6 is 0 Å². The van der Waals surface area contributed by atoms with E-state index in [9.17, 15) is 17.9 Å². The molecule has 1 saturated heterocycles. The van der Waals surface area contributed by atoms with Gasteiger partial charge < -0.3 is 9.84 Å². The summed E-state index contributed by atoms with van der Waals surface area (Å²) in [5, 5.41) is 18.9. The Labute approximate surface area is 162 Å². The number of hydrogen-bond donors (Lipinski definition) is 1. The molecule has 0 saturated carbocycles. The fourth-order valence-corrected chi connectivity index (χ4v) is 4.74. The Bertz CT molecular complexity index is 1080. The summed E-state index contributed by atoms with van der Waals surface area (Å²) in [6, 6.07) is 11.6. The summed E-state index contributed by atoms with van der Waals surface area (Å²) in [7, 11) is -3.87. The predicted octanol–water partition coefficient (Wildman–Crippen LogP) is 2.31. The number of nitrogens with zero attached hydrogens (tertiary/aromatic N) is 3. The van der Waals surface area contributed by atoms with Gasteiger partial charge in [0.2, 0.25) is 15.7 Å². The van der Waals surface area contributed by atoms with Gasteiger partial charge in [-0.05, 0) is 24.3 Å². The van der Waals surface area contributed by atoms with E-state index in [0.29, 0.717) is 0 Å². The third kappa shape index (κ3) is 3.56. The summed E-state index contributed by atoms with van der Waals surface area (Å²) in [5.41, 5.74) is -0.902. The number of aliphatic hydroxyl groups excluding tert-OH is 1. The van der Waals surface area contributed by atoms with Crippen molar-refractivity contribution in [2.45, 2.75) is 4.90 Å². The topological polar surface area (TPSA) is 95.0 Å². The van der Waals surface area contributed by atoms with Gasteiger partial charge in [-0.1, -0.05) is 12.1 Å². The van der Waals surface area contributed by atoms with Crippen molar-refractivity contribution in [2.24, 2.45) is 5.41 Å². The second kappa shape index (κ2) is 7.56. The van der Waals surface area contributed by atoms with Crippen LogP contribution in [-0.2, 0) is 10.0 Å². The molecule has 28 heavy (non-hydrogen) atoms. The van der Waals surface area contributed by atoms with Crippen molar-refractivity contribution in [1.82, 2.24) is 4.31 Å². The van der Waals surface area contributed by atoms with E-state index in [1.807, 2.05) is 6.07 Å². The van der Waals surface area contributed by atoms with Gasteiger partial charge in [-0.25, -0.2) is 17.7 Å². The molecule has 0 bridgehead atoms. The zero-order valence-corrected chi connectivity index (χ0v) is 15.5. The number of benzene rings is 2. The van der Waals surface area contributed by atoms with Gasteiger partial charge in [0, 0.05) is 19.2 Å². The number of nitriles is 1. The van der Waals surface area contributed by atoms with E-state index in [2.05, 4.69) is 4.85 Å². The van der Waals surface area contributed by atoms with E-state index in [0.717, 1.165) is 6.07 Å². The van der Waals surface area contributed by atoms with Crippen LogP contribution in [0.1, 0.15) is 5.56 Å². The summed E-state index contributed by atoms with van der Waals surface area (Å²) >= 11 is 0. The molecule has 0 unspecified atom stereocenters. The number of hydrogen-bond acceptors (Lipinski definition) is 5. The molecule has 3 rings (SSSR count). The molecule has 2 aromatic rings. The first-order valence-electron chi connectivity index (χ1n) is 8.25. The average molecular weight is 401 g/mol. The summed E-state index contributed by atoms with van der Waals surface area (Å²) in [6.07, 6.45) is 0. The lowest BCUT2D eigenvalue weighted by Gasteiger charge is -2.47. The van der Waals surface area contributed by atoms with Gasteiger partial charge in [0.15, 0.2) is 0 Å². The van der Waals surface area contributed by atoms with Crippen molar-refractivity contribution in [2.75, 3.05) is 26.3 Å².